The first-order valence-corrected chi connectivity index (χ1v) is 8.97. The van der Waals surface area contributed by atoms with Crippen LogP contribution in [0, 0.1) is 17.0 Å². The summed E-state index contributed by atoms with van der Waals surface area (Å²) in [5.41, 5.74) is 0.316. The maximum atomic E-state index is 12.9. The molecule has 1 aliphatic heterocycles. The van der Waals surface area contributed by atoms with Crippen LogP contribution in [0.25, 0.3) is 0 Å². The lowest BCUT2D eigenvalue weighted by Crippen LogP contribution is -2.42. The minimum absolute atomic E-state index is 0.139. The predicted octanol–water partition coefficient (Wildman–Crippen LogP) is 2.11. The summed E-state index contributed by atoms with van der Waals surface area (Å²) in [5, 5.41) is 23.7. The van der Waals surface area contributed by atoms with Crippen molar-refractivity contribution in [1.29, 1.82) is 0 Å². The Bertz CT molecular complexity index is 945. The summed E-state index contributed by atoms with van der Waals surface area (Å²) in [7, 11) is 0. The Morgan fingerprint density at radius 1 is 1.24 bits per heavy atom. The van der Waals surface area contributed by atoms with E-state index in [0.29, 0.717) is 5.56 Å². The van der Waals surface area contributed by atoms with E-state index in [-0.39, 0.29) is 24.6 Å². The fourth-order valence-corrected chi connectivity index (χ4v) is 3.09. The fraction of sp³-hybridized carbons (Fsp3) is 0.300. The third-order valence-electron chi connectivity index (χ3n) is 4.77. The largest absolute Gasteiger partial charge is 0.491 e. The molecule has 2 aromatic carbocycles. The van der Waals surface area contributed by atoms with Crippen LogP contribution in [0.5, 0.6) is 5.75 Å². The van der Waals surface area contributed by atoms with Gasteiger partial charge in [-0.05, 0) is 25.5 Å². The molecule has 9 heteroatoms. The van der Waals surface area contributed by atoms with Crippen LogP contribution in [0.15, 0.2) is 48.5 Å². The Kier molecular flexibility index (Phi) is 5.51. The number of hydrogen-bond acceptors (Lipinski definition) is 6. The Hall–Kier alpha value is -3.46. The molecule has 1 fully saturated rings. The minimum Gasteiger partial charge on any atom is -0.491 e. The number of carbonyl (C=O) groups is 2. The molecule has 152 valence electrons. The maximum Gasteiger partial charge on any atom is 0.325 e. The summed E-state index contributed by atoms with van der Waals surface area (Å²) in [6, 6.07) is 12.2. The smallest absolute Gasteiger partial charge is 0.325 e. The Balaban J connectivity index is 1.64. The number of nitro groups is 1. The molecule has 2 atom stereocenters. The molecule has 3 rings (SSSR count). The van der Waals surface area contributed by atoms with E-state index in [4.69, 9.17) is 4.74 Å². The molecule has 1 heterocycles. The van der Waals surface area contributed by atoms with Gasteiger partial charge in [0, 0.05) is 6.07 Å². The molecule has 0 spiro atoms. The summed E-state index contributed by atoms with van der Waals surface area (Å²) >= 11 is 0. The number of nitrogens with zero attached hydrogens (tertiary/aromatic N) is 2. The van der Waals surface area contributed by atoms with Gasteiger partial charge in [-0.25, -0.2) is 4.79 Å². The van der Waals surface area contributed by atoms with Gasteiger partial charge in [0.05, 0.1) is 17.5 Å². The number of nitrogens with one attached hydrogen (secondary N) is 1. The second kappa shape index (κ2) is 7.88. The zero-order chi connectivity index (χ0) is 21.2. The second-order valence-corrected chi connectivity index (χ2v) is 7.06. The highest BCUT2D eigenvalue weighted by atomic mass is 16.6. The van der Waals surface area contributed by atoms with Crippen LogP contribution in [0.2, 0.25) is 0 Å². The van der Waals surface area contributed by atoms with Gasteiger partial charge in [0.15, 0.2) is 0 Å². The normalized spacial score (nSPS) is 19.8. The molecule has 0 aromatic heterocycles. The van der Waals surface area contributed by atoms with Crippen molar-refractivity contribution in [3.05, 3.63) is 69.8 Å². The van der Waals surface area contributed by atoms with E-state index in [0.717, 1.165) is 10.5 Å². The molecule has 1 aliphatic rings. The number of amides is 3. The predicted molar refractivity (Wildman–Crippen MR) is 103 cm³/mol. The number of benzene rings is 2. The van der Waals surface area contributed by atoms with Crippen molar-refractivity contribution in [1.82, 2.24) is 10.2 Å². The number of aryl methyl sites for hydroxylation is 1. The van der Waals surface area contributed by atoms with Crippen molar-refractivity contribution in [3.63, 3.8) is 0 Å². The number of nitro benzene ring substituents is 1. The number of hydrogen-bond donors (Lipinski definition) is 2. The monoisotopic (exact) mass is 399 g/mol. The summed E-state index contributed by atoms with van der Waals surface area (Å²) in [6.45, 7) is 3.04. The standard InChI is InChI=1S/C20H21N3O6/c1-13-6-8-14(9-7-13)20(2)18(25)22(19(26)21-20)11-16(24)12-29-17-5-3-4-15(10-17)23(27)28/h3-10,16,24H,11-12H2,1-2H3,(H,21,26). The highest BCUT2D eigenvalue weighted by Crippen LogP contribution is 2.29. The van der Waals surface area contributed by atoms with Gasteiger partial charge in [0.25, 0.3) is 11.6 Å². The van der Waals surface area contributed by atoms with Crippen LogP contribution >= 0.6 is 0 Å². The van der Waals surface area contributed by atoms with E-state index in [2.05, 4.69) is 5.32 Å². The number of ether oxygens (including phenoxy) is 1. The van der Waals surface area contributed by atoms with Crippen molar-refractivity contribution in [2.45, 2.75) is 25.5 Å². The van der Waals surface area contributed by atoms with Crippen LogP contribution < -0.4 is 10.1 Å². The van der Waals surface area contributed by atoms with Gasteiger partial charge in [-0.15, -0.1) is 0 Å². The maximum absolute atomic E-state index is 12.9. The molecule has 2 aromatic rings. The average Bonchev–Trinajstić information content (AvgIpc) is 2.91. The van der Waals surface area contributed by atoms with Crippen molar-refractivity contribution in [3.8, 4) is 5.75 Å². The summed E-state index contributed by atoms with van der Waals surface area (Å²) in [5.74, 6) is -0.263. The van der Waals surface area contributed by atoms with E-state index < -0.39 is 28.5 Å². The van der Waals surface area contributed by atoms with Crippen LogP contribution in [-0.2, 0) is 10.3 Å². The van der Waals surface area contributed by atoms with Crippen LogP contribution in [0.4, 0.5) is 10.5 Å². The average molecular weight is 399 g/mol. The van der Waals surface area contributed by atoms with E-state index >= 15 is 0 Å². The number of aliphatic hydroxyl groups excluding tert-OH is 1. The molecule has 3 amide bonds. The van der Waals surface area contributed by atoms with E-state index in [1.165, 1.54) is 24.3 Å². The number of imide groups is 1. The first-order valence-electron chi connectivity index (χ1n) is 8.97. The first kappa shape index (κ1) is 20.3. The summed E-state index contributed by atoms with van der Waals surface area (Å²) in [4.78, 5) is 36.4. The SMILES string of the molecule is Cc1ccc(C2(C)NC(=O)N(CC(O)COc3cccc([N+](=O)[O-])c3)C2=O)cc1. The third-order valence-corrected chi connectivity index (χ3v) is 4.77. The molecule has 1 saturated heterocycles. The number of rotatable bonds is 7. The van der Waals surface area contributed by atoms with Gasteiger partial charge in [-0.3, -0.25) is 19.8 Å². The molecular formula is C20H21N3O6. The first-order chi connectivity index (χ1) is 13.7. The lowest BCUT2D eigenvalue weighted by Gasteiger charge is -2.23. The molecule has 0 radical (unpaired) electrons. The molecule has 9 nitrogen and oxygen atoms in total. The van der Waals surface area contributed by atoms with Gasteiger partial charge in [0.1, 0.15) is 24.0 Å². The zero-order valence-electron chi connectivity index (χ0n) is 16.0. The molecule has 2 N–H and O–H groups in total. The Morgan fingerprint density at radius 2 is 1.93 bits per heavy atom. The van der Waals surface area contributed by atoms with Crippen LogP contribution in [0.3, 0.4) is 0 Å². The van der Waals surface area contributed by atoms with E-state index in [1.807, 2.05) is 19.1 Å². The highest BCUT2D eigenvalue weighted by Gasteiger charge is 2.49. The Morgan fingerprint density at radius 3 is 2.59 bits per heavy atom. The van der Waals surface area contributed by atoms with Gasteiger partial charge in [-0.2, -0.15) is 0 Å². The molecule has 0 aliphatic carbocycles. The lowest BCUT2D eigenvalue weighted by atomic mass is 9.91. The summed E-state index contributed by atoms with van der Waals surface area (Å²) in [6.07, 6.45) is -1.16. The lowest BCUT2D eigenvalue weighted by molar-refractivity contribution is -0.384. The van der Waals surface area contributed by atoms with E-state index in [9.17, 15) is 24.8 Å². The molecule has 0 bridgehead atoms. The summed E-state index contributed by atoms with van der Waals surface area (Å²) < 4.78 is 5.37. The minimum atomic E-state index is -1.22. The van der Waals surface area contributed by atoms with Crippen molar-refractivity contribution in [2.75, 3.05) is 13.2 Å². The van der Waals surface area contributed by atoms with Gasteiger partial charge >= 0.3 is 6.03 Å². The molecular weight excluding hydrogens is 378 g/mol. The number of non-ortho nitro benzene ring substituents is 1. The van der Waals surface area contributed by atoms with Crippen molar-refractivity contribution in [2.24, 2.45) is 0 Å². The van der Waals surface area contributed by atoms with E-state index in [1.54, 1.807) is 19.1 Å². The molecule has 29 heavy (non-hydrogen) atoms. The number of aliphatic hydroxyl groups is 1. The number of urea groups is 1. The van der Waals surface area contributed by atoms with Crippen LogP contribution in [0.1, 0.15) is 18.1 Å². The Labute approximate surface area is 167 Å². The molecule has 2 unspecified atom stereocenters. The van der Waals surface area contributed by atoms with Crippen molar-refractivity contribution < 1.29 is 24.4 Å². The molecule has 0 saturated carbocycles. The second-order valence-electron chi connectivity index (χ2n) is 7.06. The van der Waals surface area contributed by atoms with Gasteiger partial charge in [-0.1, -0.05) is 35.9 Å². The number of β-amino-alcohol motifs (C(OH)–C–C–N with tert-alkyl or cyclic N) is 1. The fourth-order valence-electron chi connectivity index (χ4n) is 3.09. The van der Waals surface area contributed by atoms with Crippen LogP contribution in [-0.4, -0.2) is 46.1 Å². The third kappa shape index (κ3) is 4.19. The zero-order valence-corrected chi connectivity index (χ0v) is 16.0. The van der Waals surface area contributed by atoms with Crippen molar-refractivity contribution >= 4 is 17.6 Å². The van der Waals surface area contributed by atoms with Gasteiger partial charge in [0.2, 0.25) is 0 Å². The highest BCUT2D eigenvalue weighted by molar-refractivity contribution is 6.07. The quantitative estimate of drug-likeness (QED) is 0.418. The topological polar surface area (TPSA) is 122 Å². The van der Waals surface area contributed by atoms with Gasteiger partial charge < -0.3 is 15.2 Å². The number of carbonyl (C=O) groups excluding carboxylic acids is 2.